The molecule has 0 aliphatic heterocycles. The molecule has 0 aromatic carbocycles. The largest absolute Gasteiger partial charge is 0.481 e. The van der Waals surface area contributed by atoms with Crippen LogP contribution in [-0.4, -0.2) is 17.1 Å². The van der Waals surface area contributed by atoms with E-state index in [9.17, 15) is 0 Å². The predicted octanol–water partition coefficient (Wildman–Crippen LogP) is 0.956. The van der Waals surface area contributed by atoms with Crippen molar-refractivity contribution in [1.29, 1.82) is 0 Å². The summed E-state index contributed by atoms with van der Waals surface area (Å²) in [5.74, 6) is 5.99. The molecule has 0 aliphatic rings. The summed E-state index contributed by atoms with van der Waals surface area (Å²) in [6, 6.07) is 1.77. The van der Waals surface area contributed by atoms with E-state index in [0.29, 0.717) is 5.88 Å². The first-order valence-electron chi connectivity index (χ1n) is 4.74. The first-order valence-corrected chi connectivity index (χ1v) is 4.74. The minimum absolute atomic E-state index is 0.0000926. The number of hydrazine groups is 1. The summed E-state index contributed by atoms with van der Waals surface area (Å²) < 4.78 is 5.01. The van der Waals surface area contributed by atoms with E-state index in [1.54, 1.807) is 13.2 Å². The number of aromatic nitrogens is 2. The van der Waals surface area contributed by atoms with Gasteiger partial charge in [-0.25, -0.2) is 9.97 Å². The number of allylic oxidation sites excluding steroid dienone is 1. The number of hydrogen-bond donors (Lipinski definition) is 2. The van der Waals surface area contributed by atoms with E-state index in [1.165, 1.54) is 6.33 Å². The van der Waals surface area contributed by atoms with Crippen LogP contribution in [0, 0.1) is 0 Å². The molecule has 1 rings (SSSR count). The molecule has 3 N–H and O–H groups in total. The van der Waals surface area contributed by atoms with E-state index in [2.05, 4.69) is 22.0 Å². The highest BCUT2D eigenvalue weighted by molar-refractivity contribution is 5.16. The quantitative estimate of drug-likeness (QED) is 0.414. The number of nitrogens with two attached hydrogens (primary N) is 1. The van der Waals surface area contributed by atoms with Crippen molar-refractivity contribution in [1.82, 2.24) is 15.4 Å². The normalized spacial score (nSPS) is 12.1. The van der Waals surface area contributed by atoms with Crippen LogP contribution in [0.15, 0.2) is 25.0 Å². The number of nitrogens with zero attached hydrogens (tertiary/aromatic N) is 2. The molecule has 1 aromatic heterocycles. The standard InChI is InChI=1S/C10H16N4O/c1-3-4-5-8(14-11)9-6-10(15-2)13-7-12-9/h3,6-8,14H,1,4-5,11H2,2H3. The highest BCUT2D eigenvalue weighted by Gasteiger charge is 2.11. The number of rotatable bonds is 6. The van der Waals surface area contributed by atoms with Crippen LogP contribution in [0.5, 0.6) is 5.88 Å². The van der Waals surface area contributed by atoms with Gasteiger partial charge in [0.25, 0.3) is 0 Å². The second-order valence-corrected chi connectivity index (χ2v) is 3.07. The van der Waals surface area contributed by atoms with Gasteiger partial charge in [-0.3, -0.25) is 11.3 Å². The summed E-state index contributed by atoms with van der Waals surface area (Å²) in [4.78, 5) is 8.08. The highest BCUT2D eigenvalue weighted by Crippen LogP contribution is 2.17. The molecule has 5 heteroatoms. The Balaban J connectivity index is 2.76. The summed E-state index contributed by atoms with van der Waals surface area (Å²) in [5.41, 5.74) is 3.54. The van der Waals surface area contributed by atoms with Crippen LogP contribution >= 0.6 is 0 Å². The van der Waals surface area contributed by atoms with Gasteiger partial charge in [-0.1, -0.05) is 6.08 Å². The molecule has 5 nitrogen and oxygen atoms in total. The molecule has 1 aromatic rings. The van der Waals surface area contributed by atoms with Crippen molar-refractivity contribution >= 4 is 0 Å². The maximum absolute atomic E-state index is 5.45. The summed E-state index contributed by atoms with van der Waals surface area (Å²) in [5, 5.41) is 0. The van der Waals surface area contributed by atoms with Crippen molar-refractivity contribution in [3.63, 3.8) is 0 Å². The molecule has 1 unspecified atom stereocenters. The van der Waals surface area contributed by atoms with Gasteiger partial charge in [0.1, 0.15) is 6.33 Å². The van der Waals surface area contributed by atoms with E-state index in [-0.39, 0.29) is 6.04 Å². The molecule has 0 aliphatic carbocycles. The Morgan fingerprint density at radius 1 is 1.67 bits per heavy atom. The molecule has 0 fully saturated rings. The van der Waals surface area contributed by atoms with E-state index in [4.69, 9.17) is 10.6 Å². The Hall–Kier alpha value is -1.46. The molecular formula is C10H16N4O. The van der Waals surface area contributed by atoms with Crippen molar-refractivity contribution in [2.75, 3.05) is 7.11 Å². The third kappa shape index (κ3) is 3.30. The van der Waals surface area contributed by atoms with Gasteiger partial charge in [0.05, 0.1) is 18.8 Å². The minimum Gasteiger partial charge on any atom is -0.481 e. The molecule has 0 saturated heterocycles. The topological polar surface area (TPSA) is 73.1 Å². The number of ether oxygens (including phenoxy) is 1. The molecule has 0 amide bonds. The van der Waals surface area contributed by atoms with Gasteiger partial charge in [0.2, 0.25) is 5.88 Å². The molecule has 15 heavy (non-hydrogen) atoms. The molecule has 0 radical (unpaired) electrons. The molecule has 0 bridgehead atoms. The summed E-state index contributed by atoms with van der Waals surface area (Å²) in [6.45, 7) is 3.67. The molecule has 1 atom stereocenters. The summed E-state index contributed by atoms with van der Waals surface area (Å²) in [6.07, 6.45) is 5.04. The smallest absolute Gasteiger partial charge is 0.216 e. The van der Waals surface area contributed by atoms with Crippen LogP contribution in [-0.2, 0) is 0 Å². The van der Waals surface area contributed by atoms with Gasteiger partial charge in [0.15, 0.2) is 0 Å². The summed E-state index contributed by atoms with van der Waals surface area (Å²) in [7, 11) is 1.57. The van der Waals surface area contributed by atoms with Crippen molar-refractivity contribution in [3.05, 3.63) is 30.7 Å². The van der Waals surface area contributed by atoms with Crippen LogP contribution in [0.25, 0.3) is 0 Å². The van der Waals surface area contributed by atoms with Crippen molar-refractivity contribution < 1.29 is 4.74 Å². The zero-order chi connectivity index (χ0) is 11.1. The fourth-order valence-corrected chi connectivity index (χ4v) is 1.26. The maximum Gasteiger partial charge on any atom is 0.216 e. The van der Waals surface area contributed by atoms with Crippen LogP contribution in [0.3, 0.4) is 0 Å². The Kier molecular flexibility index (Phi) is 4.73. The Morgan fingerprint density at radius 3 is 3.07 bits per heavy atom. The lowest BCUT2D eigenvalue weighted by Gasteiger charge is -2.14. The van der Waals surface area contributed by atoms with Gasteiger partial charge >= 0.3 is 0 Å². The Morgan fingerprint density at radius 2 is 2.47 bits per heavy atom. The molecular weight excluding hydrogens is 192 g/mol. The monoisotopic (exact) mass is 208 g/mol. The minimum atomic E-state index is -0.0000926. The van der Waals surface area contributed by atoms with Crippen molar-refractivity contribution in [2.45, 2.75) is 18.9 Å². The predicted molar refractivity (Wildman–Crippen MR) is 58.1 cm³/mol. The molecule has 0 spiro atoms. The second-order valence-electron chi connectivity index (χ2n) is 3.07. The SMILES string of the molecule is C=CCCC(NN)c1cc(OC)ncn1. The molecule has 0 saturated carbocycles. The number of nitrogens with one attached hydrogen (secondary N) is 1. The fraction of sp³-hybridized carbons (Fsp3) is 0.400. The van der Waals surface area contributed by atoms with Crippen LogP contribution in [0.1, 0.15) is 24.6 Å². The van der Waals surface area contributed by atoms with Crippen LogP contribution < -0.4 is 16.0 Å². The third-order valence-electron chi connectivity index (χ3n) is 2.09. The lowest BCUT2D eigenvalue weighted by molar-refractivity contribution is 0.393. The van der Waals surface area contributed by atoms with Gasteiger partial charge in [0, 0.05) is 6.07 Å². The fourth-order valence-electron chi connectivity index (χ4n) is 1.26. The van der Waals surface area contributed by atoms with Gasteiger partial charge in [-0.15, -0.1) is 6.58 Å². The molecule has 1 heterocycles. The first-order chi connectivity index (χ1) is 7.31. The average Bonchev–Trinajstić information content (AvgIpc) is 2.30. The first kappa shape index (κ1) is 11.6. The van der Waals surface area contributed by atoms with Crippen molar-refractivity contribution in [2.24, 2.45) is 5.84 Å². The highest BCUT2D eigenvalue weighted by atomic mass is 16.5. The lowest BCUT2D eigenvalue weighted by Crippen LogP contribution is -2.28. The Labute approximate surface area is 89.3 Å². The van der Waals surface area contributed by atoms with Gasteiger partial charge in [-0.05, 0) is 12.8 Å². The number of hydrogen-bond acceptors (Lipinski definition) is 5. The van der Waals surface area contributed by atoms with Gasteiger partial charge < -0.3 is 4.74 Å². The lowest BCUT2D eigenvalue weighted by atomic mass is 10.1. The van der Waals surface area contributed by atoms with E-state index in [0.717, 1.165) is 18.5 Å². The zero-order valence-electron chi connectivity index (χ0n) is 8.81. The molecule has 82 valence electrons. The average molecular weight is 208 g/mol. The van der Waals surface area contributed by atoms with E-state index >= 15 is 0 Å². The summed E-state index contributed by atoms with van der Waals surface area (Å²) >= 11 is 0. The maximum atomic E-state index is 5.45. The zero-order valence-corrected chi connectivity index (χ0v) is 8.81. The third-order valence-corrected chi connectivity index (χ3v) is 2.09. The number of methoxy groups -OCH3 is 1. The Bertz CT molecular complexity index is 316. The van der Waals surface area contributed by atoms with Crippen LogP contribution in [0.2, 0.25) is 0 Å². The second kappa shape index (κ2) is 6.10. The van der Waals surface area contributed by atoms with E-state index < -0.39 is 0 Å². The van der Waals surface area contributed by atoms with Gasteiger partial charge in [-0.2, -0.15) is 0 Å². The van der Waals surface area contributed by atoms with E-state index in [1.807, 2.05) is 6.08 Å². The van der Waals surface area contributed by atoms with Crippen LogP contribution in [0.4, 0.5) is 0 Å². The van der Waals surface area contributed by atoms with Crippen molar-refractivity contribution in [3.8, 4) is 5.88 Å².